The van der Waals surface area contributed by atoms with Crippen LogP contribution in [0.1, 0.15) is 13.8 Å². The summed E-state index contributed by atoms with van der Waals surface area (Å²) in [7, 11) is 0. The number of rotatable bonds is 2. The Morgan fingerprint density at radius 1 is 1.20 bits per heavy atom. The van der Waals surface area contributed by atoms with Gasteiger partial charge in [-0.1, -0.05) is 24.4 Å². The molecule has 1 fully saturated rings. The lowest BCUT2D eigenvalue weighted by molar-refractivity contribution is -0.122. The SMILES string of the molecule is CCN1C(=O)/C(=C2/Oc3ccccc3N2CC)SC1=S. The summed E-state index contributed by atoms with van der Waals surface area (Å²) in [5.74, 6) is 1.32. The van der Waals surface area contributed by atoms with Crippen LogP contribution in [0.2, 0.25) is 0 Å². The number of ether oxygens (including phenoxy) is 1. The zero-order valence-electron chi connectivity index (χ0n) is 11.3. The quantitative estimate of drug-likeness (QED) is 0.620. The van der Waals surface area contributed by atoms with Gasteiger partial charge in [-0.15, -0.1) is 0 Å². The van der Waals surface area contributed by atoms with Crippen molar-refractivity contribution in [3.05, 3.63) is 35.1 Å². The maximum atomic E-state index is 12.4. The van der Waals surface area contributed by atoms with Crippen LogP contribution >= 0.6 is 24.0 Å². The standard InChI is InChI=1S/C14H14N2O2S2/c1-3-15-9-7-5-6-8-10(9)18-13(15)11-12(17)16(4-2)14(19)20-11/h5-8H,3-4H2,1-2H3/b13-11-. The molecule has 2 aliphatic rings. The van der Waals surface area contributed by atoms with E-state index >= 15 is 0 Å². The van der Waals surface area contributed by atoms with Crippen LogP contribution in [0.3, 0.4) is 0 Å². The molecule has 1 saturated heterocycles. The van der Waals surface area contributed by atoms with E-state index in [4.69, 9.17) is 17.0 Å². The number of thioether (sulfide) groups is 1. The highest BCUT2D eigenvalue weighted by molar-refractivity contribution is 8.26. The Balaban J connectivity index is 2.06. The second-order valence-corrected chi connectivity index (χ2v) is 6.01. The van der Waals surface area contributed by atoms with Crippen LogP contribution in [0, 0.1) is 0 Å². The van der Waals surface area contributed by atoms with Crippen molar-refractivity contribution in [2.24, 2.45) is 0 Å². The molecule has 4 nitrogen and oxygen atoms in total. The molecule has 0 radical (unpaired) electrons. The van der Waals surface area contributed by atoms with E-state index < -0.39 is 0 Å². The smallest absolute Gasteiger partial charge is 0.271 e. The predicted molar refractivity (Wildman–Crippen MR) is 84.7 cm³/mol. The molecule has 2 aliphatic heterocycles. The fourth-order valence-electron chi connectivity index (χ4n) is 2.32. The second-order valence-electron chi connectivity index (χ2n) is 4.37. The van der Waals surface area contributed by atoms with E-state index in [0.29, 0.717) is 21.7 Å². The first-order valence-electron chi connectivity index (χ1n) is 6.49. The van der Waals surface area contributed by atoms with E-state index in [0.717, 1.165) is 18.0 Å². The largest absolute Gasteiger partial charge is 0.437 e. The van der Waals surface area contributed by atoms with E-state index in [-0.39, 0.29) is 5.91 Å². The number of para-hydroxylation sites is 2. The number of nitrogens with zero attached hydrogens (tertiary/aromatic N) is 2. The molecule has 104 valence electrons. The first kappa shape index (κ1) is 13.5. The van der Waals surface area contributed by atoms with E-state index in [9.17, 15) is 4.79 Å². The van der Waals surface area contributed by atoms with Crippen LogP contribution in [0.5, 0.6) is 5.75 Å². The summed E-state index contributed by atoms with van der Waals surface area (Å²) < 4.78 is 6.48. The third kappa shape index (κ3) is 1.91. The molecule has 3 rings (SSSR count). The lowest BCUT2D eigenvalue weighted by atomic mass is 10.3. The molecule has 0 N–H and O–H groups in total. The zero-order chi connectivity index (χ0) is 14.3. The van der Waals surface area contributed by atoms with Gasteiger partial charge in [-0.25, -0.2) is 0 Å². The Morgan fingerprint density at radius 2 is 1.90 bits per heavy atom. The number of fused-ring (bicyclic) bond motifs is 1. The van der Waals surface area contributed by atoms with Crippen LogP contribution in [0.25, 0.3) is 0 Å². The van der Waals surface area contributed by atoms with Gasteiger partial charge in [-0.3, -0.25) is 9.69 Å². The van der Waals surface area contributed by atoms with Gasteiger partial charge in [-0.2, -0.15) is 0 Å². The average Bonchev–Trinajstić information content (AvgIpc) is 2.95. The molecule has 0 atom stereocenters. The number of amides is 1. The number of anilines is 1. The molecule has 0 aliphatic carbocycles. The molecule has 1 aromatic carbocycles. The Labute approximate surface area is 127 Å². The minimum Gasteiger partial charge on any atom is -0.437 e. The van der Waals surface area contributed by atoms with Crippen molar-refractivity contribution in [3.63, 3.8) is 0 Å². The van der Waals surface area contributed by atoms with Gasteiger partial charge in [-0.05, 0) is 37.7 Å². The molecule has 1 aromatic rings. The number of thiocarbonyl (C=S) groups is 1. The fourth-order valence-corrected chi connectivity index (χ4v) is 3.71. The molecule has 0 aromatic heterocycles. The highest BCUT2D eigenvalue weighted by Crippen LogP contribution is 2.43. The molecule has 0 spiro atoms. The van der Waals surface area contributed by atoms with Crippen molar-refractivity contribution in [3.8, 4) is 5.75 Å². The van der Waals surface area contributed by atoms with Crippen LogP contribution in [-0.2, 0) is 4.79 Å². The molecule has 6 heteroatoms. The number of hydrogen-bond acceptors (Lipinski definition) is 5. The van der Waals surface area contributed by atoms with Gasteiger partial charge in [0.25, 0.3) is 5.91 Å². The zero-order valence-corrected chi connectivity index (χ0v) is 12.9. The lowest BCUT2D eigenvalue weighted by Gasteiger charge is -2.16. The lowest BCUT2D eigenvalue weighted by Crippen LogP contribution is -2.29. The Hall–Kier alpha value is -1.53. The first-order chi connectivity index (χ1) is 9.67. The van der Waals surface area contributed by atoms with Crippen LogP contribution in [-0.4, -0.2) is 28.2 Å². The van der Waals surface area contributed by atoms with Gasteiger partial charge in [0.2, 0.25) is 5.88 Å². The van der Waals surface area contributed by atoms with Crippen LogP contribution in [0.4, 0.5) is 5.69 Å². The molecule has 2 heterocycles. The van der Waals surface area contributed by atoms with Crippen molar-refractivity contribution in [2.75, 3.05) is 18.0 Å². The average molecular weight is 306 g/mol. The van der Waals surface area contributed by atoms with Crippen LogP contribution in [0.15, 0.2) is 35.1 Å². The Morgan fingerprint density at radius 3 is 2.55 bits per heavy atom. The molecular formula is C14H14N2O2S2. The monoisotopic (exact) mass is 306 g/mol. The van der Waals surface area contributed by atoms with Crippen LogP contribution < -0.4 is 9.64 Å². The van der Waals surface area contributed by atoms with Crippen molar-refractivity contribution >= 4 is 39.9 Å². The van der Waals surface area contributed by atoms with Gasteiger partial charge in [0.1, 0.15) is 9.23 Å². The molecule has 0 bridgehead atoms. The third-order valence-electron chi connectivity index (χ3n) is 3.28. The Kier molecular flexibility index (Phi) is 3.43. The van der Waals surface area contributed by atoms with Gasteiger partial charge < -0.3 is 9.64 Å². The van der Waals surface area contributed by atoms with E-state index in [2.05, 4.69) is 0 Å². The third-order valence-corrected chi connectivity index (χ3v) is 4.70. The summed E-state index contributed by atoms with van der Waals surface area (Å²) in [6, 6.07) is 7.79. The van der Waals surface area contributed by atoms with Crippen molar-refractivity contribution in [2.45, 2.75) is 13.8 Å². The minimum absolute atomic E-state index is 0.0660. The summed E-state index contributed by atoms with van der Waals surface area (Å²) in [6.45, 7) is 5.27. The number of likely N-dealkylation sites (N-methyl/N-ethyl adjacent to an activating group) is 1. The first-order valence-corrected chi connectivity index (χ1v) is 7.72. The number of benzene rings is 1. The molecular weight excluding hydrogens is 292 g/mol. The number of carbonyl (C=O) groups excluding carboxylic acids is 1. The highest BCUT2D eigenvalue weighted by atomic mass is 32.2. The van der Waals surface area contributed by atoms with E-state index in [1.165, 1.54) is 11.8 Å². The van der Waals surface area contributed by atoms with Gasteiger partial charge >= 0.3 is 0 Å². The Bertz CT molecular complexity index is 627. The van der Waals surface area contributed by atoms with E-state index in [1.54, 1.807) is 4.90 Å². The minimum atomic E-state index is -0.0660. The van der Waals surface area contributed by atoms with Crippen molar-refractivity contribution in [1.29, 1.82) is 0 Å². The highest BCUT2D eigenvalue weighted by Gasteiger charge is 2.38. The summed E-state index contributed by atoms with van der Waals surface area (Å²) in [4.78, 5) is 16.6. The molecule has 1 amide bonds. The summed E-state index contributed by atoms with van der Waals surface area (Å²) in [6.07, 6.45) is 0. The van der Waals surface area contributed by atoms with Crippen molar-refractivity contribution < 1.29 is 9.53 Å². The molecule has 0 unspecified atom stereocenters. The maximum absolute atomic E-state index is 12.4. The van der Waals surface area contributed by atoms with Crippen molar-refractivity contribution in [1.82, 2.24) is 4.90 Å². The van der Waals surface area contributed by atoms with Gasteiger partial charge in [0, 0.05) is 13.1 Å². The van der Waals surface area contributed by atoms with Gasteiger partial charge in [0.15, 0.2) is 5.75 Å². The number of hydrogen-bond donors (Lipinski definition) is 0. The molecule has 20 heavy (non-hydrogen) atoms. The maximum Gasteiger partial charge on any atom is 0.271 e. The topological polar surface area (TPSA) is 32.8 Å². The second kappa shape index (κ2) is 5.10. The molecule has 0 saturated carbocycles. The normalized spacial score (nSPS) is 21.5. The summed E-state index contributed by atoms with van der Waals surface area (Å²) >= 11 is 6.56. The summed E-state index contributed by atoms with van der Waals surface area (Å²) in [5.41, 5.74) is 0.992. The van der Waals surface area contributed by atoms with Gasteiger partial charge in [0.05, 0.1) is 5.69 Å². The number of carbonyl (C=O) groups is 1. The summed E-state index contributed by atoms with van der Waals surface area (Å²) in [5, 5.41) is 0. The van der Waals surface area contributed by atoms with E-state index in [1.807, 2.05) is 43.0 Å². The predicted octanol–water partition coefficient (Wildman–Crippen LogP) is 2.95. The fraction of sp³-hybridized carbons (Fsp3) is 0.286.